The van der Waals surface area contributed by atoms with Crippen molar-refractivity contribution in [3.63, 3.8) is 0 Å². The molecule has 4 N–H and O–H groups in total. The summed E-state index contributed by atoms with van der Waals surface area (Å²) in [7, 11) is -4.55. The highest BCUT2D eigenvalue weighted by Gasteiger charge is 2.19. The highest BCUT2D eigenvalue weighted by atomic mass is 35.5. The van der Waals surface area contributed by atoms with Gasteiger partial charge in [0.15, 0.2) is 5.75 Å². The summed E-state index contributed by atoms with van der Waals surface area (Å²) in [6.45, 7) is 2.04. The minimum atomic E-state index is -4.55. The van der Waals surface area contributed by atoms with Crippen molar-refractivity contribution in [1.29, 1.82) is 0 Å². The Kier molecular flexibility index (Phi) is 5.34. The lowest BCUT2D eigenvalue weighted by molar-refractivity contribution is 0.284. The summed E-state index contributed by atoms with van der Waals surface area (Å²) in [5, 5.41) is 0.552. The molecule has 2 aromatic carbocycles. The van der Waals surface area contributed by atoms with Crippen LogP contribution in [0.25, 0.3) is 10.9 Å². The van der Waals surface area contributed by atoms with Gasteiger partial charge in [0.25, 0.3) is 0 Å². The van der Waals surface area contributed by atoms with Gasteiger partial charge in [0.2, 0.25) is 0 Å². The number of hydrogen-bond donors (Lipinski definition) is 3. The van der Waals surface area contributed by atoms with Gasteiger partial charge in [-0.05, 0) is 31.2 Å². The van der Waals surface area contributed by atoms with Gasteiger partial charge in [0, 0.05) is 22.9 Å². The van der Waals surface area contributed by atoms with Gasteiger partial charge >= 0.3 is 7.82 Å². The average Bonchev–Trinajstić information content (AvgIpc) is 2.78. The van der Waals surface area contributed by atoms with Crippen molar-refractivity contribution in [1.82, 2.24) is 4.09 Å². The third-order valence-electron chi connectivity index (χ3n) is 2.92. The normalized spacial score (nSPS) is 11.0. The maximum absolute atomic E-state index is 10.7. The van der Waals surface area contributed by atoms with Crippen LogP contribution in [0.2, 0.25) is 0 Å². The number of nitrogen functional groups attached to an aromatic ring is 1. The first kappa shape index (κ1) is 17.4. The van der Waals surface area contributed by atoms with Crippen LogP contribution >= 0.6 is 19.6 Å². The van der Waals surface area contributed by atoms with Crippen molar-refractivity contribution < 1.29 is 18.9 Å². The van der Waals surface area contributed by atoms with Gasteiger partial charge in [0.1, 0.15) is 0 Å². The van der Waals surface area contributed by atoms with Crippen molar-refractivity contribution in [3.8, 4) is 5.75 Å². The number of phosphoric acid groups is 1. The van der Waals surface area contributed by atoms with Crippen LogP contribution in [0.1, 0.15) is 5.56 Å². The van der Waals surface area contributed by atoms with E-state index in [9.17, 15) is 4.57 Å². The van der Waals surface area contributed by atoms with E-state index in [0.29, 0.717) is 10.9 Å². The molecule has 1 heterocycles. The Hall–Kier alpha value is -1.98. The molecular weight excluding hydrogens is 339 g/mol. The zero-order valence-electron chi connectivity index (χ0n) is 12.3. The van der Waals surface area contributed by atoms with Crippen molar-refractivity contribution in [2.75, 3.05) is 5.73 Å². The fraction of sp³-hybridized carbons (Fsp3) is 0.0667. The van der Waals surface area contributed by atoms with Crippen molar-refractivity contribution >= 4 is 36.2 Å². The summed E-state index contributed by atoms with van der Waals surface area (Å²) in [5.41, 5.74) is 8.13. The predicted molar refractivity (Wildman–Crippen MR) is 91.5 cm³/mol. The SMILES string of the molecule is Cc1ccc(N)cc1.O=P(O)(O)Oc1cn(Cl)c2ccccc12. The Labute approximate surface area is 138 Å². The van der Waals surface area contributed by atoms with Crippen LogP contribution in [0.5, 0.6) is 5.75 Å². The van der Waals surface area contributed by atoms with Gasteiger partial charge in [-0.15, -0.1) is 0 Å². The van der Waals surface area contributed by atoms with Crippen LogP contribution in [0.4, 0.5) is 5.69 Å². The first-order chi connectivity index (χ1) is 10.8. The van der Waals surface area contributed by atoms with E-state index in [4.69, 9.17) is 27.3 Å². The van der Waals surface area contributed by atoms with Gasteiger partial charge in [-0.1, -0.05) is 29.8 Å². The molecule has 122 valence electrons. The summed E-state index contributed by atoms with van der Waals surface area (Å²) in [6, 6.07) is 14.7. The van der Waals surface area contributed by atoms with Crippen LogP contribution in [-0.2, 0) is 4.57 Å². The molecule has 0 bridgehead atoms. The number of aryl methyl sites for hydroxylation is 1. The molecule has 0 atom stereocenters. The number of nitrogens with two attached hydrogens (primary N) is 1. The number of para-hydroxylation sites is 1. The van der Waals surface area contributed by atoms with Gasteiger partial charge in [-0.2, -0.15) is 0 Å². The summed E-state index contributed by atoms with van der Waals surface area (Å²) in [6.07, 6.45) is 1.31. The second-order valence-electron chi connectivity index (χ2n) is 4.81. The summed E-state index contributed by atoms with van der Waals surface area (Å²) < 4.78 is 16.4. The molecule has 0 aliphatic rings. The zero-order valence-corrected chi connectivity index (χ0v) is 13.9. The average molecular weight is 355 g/mol. The van der Waals surface area contributed by atoms with Gasteiger partial charge in [-0.25, -0.2) is 4.57 Å². The van der Waals surface area contributed by atoms with E-state index in [0.717, 1.165) is 5.69 Å². The lowest BCUT2D eigenvalue weighted by Gasteiger charge is -2.03. The largest absolute Gasteiger partial charge is 0.524 e. The Morgan fingerprint density at radius 1 is 1.13 bits per heavy atom. The van der Waals surface area contributed by atoms with E-state index in [1.807, 2.05) is 31.2 Å². The van der Waals surface area contributed by atoms with Crippen LogP contribution in [0, 0.1) is 6.92 Å². The molecule has 1 aromatic heterocycles. The first-order valence-corrected chi connectivity index (χ1v) is 8.46. The van der Waals surface area contributed by atoms with E-state index in [1.165, 1.54) is 15.8 Å². The minimum absolute atomic E-state index is 0.0638. The minimum Gasteiger partial charge on any atom is -0.402 e. The topological polar surface area (TPSA) is 97.7 Å². The number of anilines is 1. The van der Waals surface area contributed by atoms with E-state index in [2.05, 4.69) is 4.52 Å². The standard InChI is InChI=1S/C8H7ClNO4P.C7H9N/c9-10-5-8(14-15(11,12)13)6-3-1-2-4-7(6)10;1-6-2-4-7(8)5-3-6/h1-5H,(H2,11,12,13);2-5H,8H2,1H3. The number of benzene rings is 2. The molecule has 0 saturated carbocycles. The lowest BCUT2D eigenvalue weighted by atomic mass is 10.2. The molecular formula is C15H16ClN2O4P. The van der Waals surface area contributed by atoms with Gasteiger partial charge < -0.3 is 10.3 Å². The van der Waals surface area contributed by atoms with E-state index in [1.54, 1.807) is 24.3 Å². The maximum atomic E-state index is 10.7. The number of hydrogen-bond acceptors (Lipinski definition) is 3. The Balaban J connectivity index is 0.000000203. The molecule has 8 heteroatoms. The fourth-order valence-corrected chi connectivity index (χ4v) is 2.52. The summed E-state index contributed by atoms with van der Waals surface area (Å²) in [5.74, 6) is 0.0638. The van der Waals surface area contributed by atoms with Gasteiger partial charge in [-0.3, -0.25) is 13.9 Å². The molecule has 0 amide bonds. The Morgan fingerprint density at radius 2 is 1.74 bits per heavy atom. The fourth-order valence-electron chi connectivity index (χ4n) is 1.88. The molecule has 0 saturated heterocycles. The molecule has 3 aromatic rings. The Bertz CT molecular complexity index is 821. The quantitative estimate of drug-likeness (QED) is 0.481. The molecule has 3 rings (SSSR count). The van der Waals surface area contributed by atoms with Gasteiger partial charge in [0.05, 0.1) is 11.7 Å². The predicted octanol–water partition coefficient (Wildman–Crippen LogP) is 3.69. The molecule has 23 heavy (non-hydrogen) atoms. The summed E-state index contributed by atoms with van der Waals surface area (Å²) in [4.78, 5) is 17.4. The smallest absolute Gasteiger partial charge is 0.402 e. The first-order valence-electron chi connectivity index (χ1n) is 6.60. The van der Waals surface area contributed by atoms with Crippen LogP contribution in [0.15, 0.2) is 54.7 Å². The third-order valence-corrected chi connectivity index (χ3v) is 3.64. The zero-order chi connectivity index (χ0) is 17.0. The molecule has 0 unspecified atom stereocenters. The molecule has 0 aliphatic carbocycles. The molecule has 6 nitrogen and oxygen atoms in total. The van der Waals surface area contributed by atoms with E-state index >= 15 is 0 Å². The Morgan fingerprint density at radius 3 is 2.30 bits per heavy atom. The highest BCUT2D eigenvalue weighted by Crippen LogP contribution is 2.41. The van der Waals surface area contributed by atoms with Crippen molar-refractivity contribution in [2.45, 2.75) is 6.92 Å². The number of phosphoric ester groups is 1. The van der Waals surface area contributed by atoms with Crippen molar-refractivity contribution in [2.24, 2.45) is 0 Å². The number of fused-ring (bicyclic) bond motifs is 1. The molecule has 0 aliphatic heterocycles. The molecule has 0 fully saturated rings. The number of rotatable bonds is 2. The number of halogens is 1. The van der Waals surface area contributed by atoms with E-state index in [-0.39, 0.29) is 5.75 Å². The second kappa shape index (κ2) is 7.06. The van der Waals surface area contributed by atoms with E-state index < -0.39 is 7.82 Å². The number of nitrogens with zero attached hydrogens (tertiary/aromatic N) is 1. The molecule has 0 radical (unpaired) electrons. The van der Waals surface area contributed by atoms with Crippen molar-refractivity contribution in [3.05, 3.63) is 60.3 Å². The monoisotopic (exact) mass is 354 g/mol. The van der Waals surface area contributed by atoms with Crippen LogP contribution in [0.3, 0.4) is 0 Å². The highest BCUT2D eigenvalue weighted by molar-refractivity contribution is 7.46. The lowest BCUT2D eigenvalue weighted by Crippen LogP contribution is -1.88. The van der Waals surface area contributed by atoms with Crippen LogP contribution < -0.4 is 10.3 Å². The summed E-state index contributed by atoms with van der Waals surface area (Å²) >= 11 is 5.79. The third kappa shape index (κ3) is 5.01. The van der Waals surface area contributed by atoms with Crippen LogP contribution in [-0.4, -0.2) is 13.9 Å². The molecule has 0 spiro atoms. The maximum Gasteiger partial charge on any atom is 0.524 e. The second-order valence-corrected chi connectivity index (χ2v) is 6.34. The number of aromatic nitrogens is 1.